The number of amides is 1. The van der Waals surface area contributed by atoms with Gasteiger partial charge in [-0.15, -0.1) is 0 Å². The lowest BCUT2D eigenvalue weighted by atomic mass is 10.1. The van der Waals surface area contributed by atoms with Gasteiger partial charge in [-0.2, -0.15) is 22.0 Å². The van der Waals surface area contributed by atoms with Crippen LogP contribution in [0.1, 0.15) is 21.9 Å². The maximum Gasteiger partial charge on any atom is 0.420 e. The van der Waals surface area contributed by atoms with E-state index in [4.69, 9.17) is 0 Å². The van der Waals surface area contributed by atoms with Crippen LogP contribution < -0.4 is 10.1 Å². The molecule has 124 valence electrons. The number of imidazole rings is 1. The zero-order valence-electron chi connectivity index (χ0n) is 11.5. The fourth-order valence-electron chi connectivity index (χ4n) is 1.75. The third kappa shape index (κ3) is 4.18. The van der Waals surface area contributed by atoms with Gasteiger partial charge >= 0.3 is 12.8 Å². The first-order valence-electron chi connectivity index (χ1n) is 6.16. The smallest absolute Gasteiger partial charge is 0.420 e. The van der Waals surface area contributed by atoms with Crippen LogP contribution in [0.5, 0.6) is 5.75 Å². The minimum Gasteiger partial charge on any atom is -0.434 e. The Morgan fingerprint density at radius 2 is 2.04 bits per heavy atom. The average molecular weight is 335 g/mol. The summed E-state index contributed by atoms with van der Waals surface area (Å²) in [7, 11) is 0. The second kappa shape index (κ2) is 6.23. The number of carbonyl (C=O) groups excluding carboxylic acids is 1. The van der Waals surface area contributed by atoms with Crippen molar-refractivity contribution in [3.05, 3.63) is 41.5 Å². The number of halogens is 5. The number of H-pyrrole nitrogens is 1. The number of nitrogens with zero attached hydrogens (tertiary/aromatic N) is 1. The van der Waals surface area contributed by atoms with E-state index in [1.807, 2.05) is 0 Å². The van der Waals surface area contributed by atoms with Crippen molar-refractivity contribution < 1.29 is 31.5 Å². The number of benzene rings is 1. The van der Waals surface area contributed by atoms with Crippen LogP contribution >= 0.6 is 0 Å². The van der Waals surface area contributed by atoms with Crippen LogP contribution in [-0.4, -0.2) is 22.5 Å². The molecule has 0 spiro atoms. The van der Waals surface area contributed by atoms with Gasteiger partial charge in [0.25, 0.3) is 5.91 Å². The SMILES string of the molecule is Cc1cnc(C(=O)Nc2ccc(OC(F)F)c(C(F)(F)F)c2)[nH]1. The van der Waals surface area contributed by atoms with Gasteiger partial charge in [-0.3, -0.25) is 4.79 Å². The zero-order chi connectivity index (χ0) is 17.2. The highest BCUT2D eigenvalue weighted by atomic mass is 19.4. The van der Waals surface area contributed by atoms with Gasteiger partial charge in [0.2, 0.25) is 0 Å². The number of anilines is 1. The average Bonchev–Trinajstić information content (AvgIpc) is 2.85. The molecule has 0 fully saturated rings. The molecule has 1 aromatic heterocycles. The summed E-state index contributed by atoms with van der Waals surface area (Å²) in [6.07, 6.45) is -3.55. The lowest BCUT2D eigenvalue weighted by Crippen LogP contribution is -2.16. The minimum absolute atomic E-state index is 0.0936. The Labute approximate surface area is 126 Å². The van der Waals surface area contributed by atoms with Gasteiger partial charge < -0.3 is 15.0 Å². The molecule has 10 heteroatoms. The van der Waals surface area contributed by atoms with E-state index in [0.29, 0.717) is 17.8 Å². The molecular formula is C13H10F5N3O2. The monoisotopic (exact) mass is 335 g/mol. The van der Waals surface area contributed by atoms with Gasteiger partial charge in [0, 0.05) is 17.6 Å². The van der Waals surface area contributed by atoms with E-state index in [-0.39, 0.29) is 11.5 Å². The Bertz CT molecular complexity index is 712. The molecule has 0 bridgehead atoms. The first-order chi connectivity index (χ1) is 10.7. The van der Waals surface area contributed by atoms with E-state index in [0.717, 1.165) is 6.07 Å². The van der Waals surface area contributed by atoms with Crippen molar-refractivity contribution in [3.63, 3.8) is 0 Å². The molecule has 1 amide bonds. The molecule has 0 saturated carbocycles. The standard InChI is InChI=1S/C13H10F5N3O2/c1-6-5-19-10(20-6)11(22)21-7-2-3-9(23-12(14)15)8(4-7)13(16,17)18/h2-5,12H,1H3,(H,19,20)(H,21,22). The first kappa shape index (κ1) is 16.7. The molecule has 1 aromatic carbocycles. The molecule has 0 unspecified atom stereocenters. The van der Waals surface area contributed by atoms with Gasteiger partial charge in [-0.05, 0) is 25.1 Å². The van der Waals surface area contributed by atoms with Gasteiger partial charge in [-0.1, -0.05) is 0 Å². The zero-order valence-corrected chi connectivity index (χ0v) is 11.5. The Balaban J connectivity index is 2.28. The van der Waals surface area contributed by atoms with Crippen LogP contribution in [0.2, 0.25) is 0 Å². The van der Waals surface area contributed by atoms with Crippen LogP contribution in [0.4, 0.5) is 27.6 Å². The van der Waals surface area contributed by atoms with Crippen molar-refractivity contribution in [2.24, 2.45) is 0 Å². The van der Waals surface area contributed by atoms with Gasteiger partial charge in [0.15, 0.2) is 5.82 Å². The van der Waals surface area contributed by atoms with Gasteiger partial charge in [0.1, 0.15) is 5.75 Å². The normalized spacial score (nSPS) is 11.6. The van der Waals surface area contributed by atoms with Crippen molar-refractivity contribution in [3.8, 4) is 5.75 Å². The third-order valence-corrected chi connectivity index (χ3v) is 2.68. The lowest BCUT2D eigenvalue weighted by Gasteiger charge is -2.15. The topological polar surface area (TPSA) is 67.0 Å². The highest BCUT2D eigenvalue weighted by Gasteiger charge is 2.35. The number of alkyl halides is 5. The highest BCUT2D eigenvalue weighted by molar-refractivity contribution is 6.01. The van der Waals surface area contributed by atoms with Crippen LogP contribution in [-0.2, 0) is 6.18 Å². The van der Waals surface area contributed by atoms with Crippen molar-refractivity contribution in [2.75, 3.05) is 5.32 Å². The molecule has 23 heavy (non-hydrogen) atoms. The van der Waals surface area contributed by atoms with Crippen LogP contribution in [0.25, 0.3) is 0 Å². The Morgan fingerprint density at radius 1 is 1.35 bits per heavy atom. The molecule has 0 atom stereocenters. The number of nitrogens with one attached hydrogen (secondary N) is 2. The number of aromatic nitrogens is 2. The summed E-state index contributed by atoms with van der Waals surface area (Å²) in [6.45, 7) is -1.76. The molecular weight excluding hydrogens is 325 g/mol. The highest BCUT2D eigenvalue weighted by Crippen LogP contribution is 2.38. The minimum atomic E-state index is -4.92. The van der Waals surface area contributed by atoms with E-state index in [1.165, 1.54) is 6.20 Å². The fourth-order valence-corrected chi connectivity index (χ4v) is 1.75. The van der Waals surface area contributed by atoms with Crippen molar-refractivity contribution >= 4 is 11.6 Å². The molecule has 2 rings (SSSR count). The third-order valence-electron chi connectivity index (χ3n) is 2.68. The number of aromatic amines is 1. The Morgan fingerprint density at radius 3 is 2.57 bits per heavy atom. The molecule has 1 heterocycles. The molecule has 2 N–H and O–H groups in total. The number of hydrogen-bond donors (Lipinski definition) is 2. The summed E-state index contributed by atoms with van der Waals surface area (Å²) in [5, 5.41) is 2.19. The summed E-state index contributed by atoms with van der Waals surface area (Å²) in [5.74, 6) is -1.89. The number of rotatable bonds is 4. The van der Waals surface area contributed by atoms with E-state index in [9.17, 15) is 26.7 Å². The maximum absolute atomic E-state index is 12.9. The van der Waals surface area contributed by atoms with Gasteiger partial charge in [-0.25, -0.2) is 4.98 Å². The second-order valence-electron chi connectivity index (χ2n) is 4.46. The first-order valence-corrected chi connectivity index (χ1v) is 6.16. The molecule has 0 radical (unpaired) electrons. The van der Waals surface area contributed by atoms with Crippen LogP contribution in [0, 0.1) is 6.92 Å². The maximum atomic E-state index is 12.9. The molecule has 0 saturated heterocycles. The van der Waals surface area contributed by atoms with Crippen molar-refractivity contribution in [1.29, 1.82) is 0 Å². The number of carbonyl (C=O) groups is 1. The van der Waals surface area contributed by atoms with Gasteiger partial charge in [0.05, 0.1) is 5.56 Å². The van der Waals surface area contributed by atoms with E-state index >= 15 is 0 Å². The predicted octanol–water partition coefficient (Wildman–Crippen LogP) is 3.59. The van der Waals surface area contributed by atoms with Crippen LogP contribution in [0.15, 0.2) is 24.4 Å². The second-order valence-corrected chi connectivity index (χ2v) is 4.46. The summed E-state index contributed by atoms with van der Waals surface area (Å²) in [4.78, 5) is 18.1. The quantitative estimate of drug-likeness (QED) is 0.839. The molecule has 0 aliphatic heterocycles. The van der Waals surface area contributed by atoms with E-state index in [2.05, 4.69) is 20.0 Å². The Kier molecular flexibility index (Phi) is 4.52. The van der Waals surface area contributed by atoms with Crippen molar-refractivity contribution in [2.45, 2.75) is 19.7 Å². The summed E-state index contributed by atoms with van der Waals surface area (Å²) < 4.78 is 66.8. The van der Waals surface area contributed by atoms with E-state index in [1.54, 1.807) is 6.92 Å². The summed E-state index contributed by atoms with van der Waals surface area (Å²) in [5.41, 5.74) is -1.07. The molecule has 2 aromatic rings. The summed E-state index contributed by atoms with van der Waals surface area (Å²) >= 11 is 0. The van der Waals surface area contributed by atoms with Crippen LogP contribution in [0.3, 0.4) is 0 Å². The van der Waals surface area contributed by atoms with Crippen molar-refractivity contribution in [1.82, 2.24) is 9.97 Å². The van der Waals surface area contributed by atoms with E-state index < -0.39 is 30.0 Å². The fraction of sp³-hybridized carbons (Fsp3) is 0.231. The molecule has 5 nitrogen and oxygen atoms in total. The Hall–Kier alpha value is -2.65. The number of aryl methyl sites for hydroxylation is 1. The molecule has 0 aliphatic carbocycles. The largest absolute Gasteiger partial charge is 0.434 e. The molecule has 0 aliphatic rings. The number of hydrogen-bond acceptors (Lipinski definition) is 3. The number of ether oxygens (including phenoxy) is 1. The summed E-state index contributed by atoms with van der Waals surface area (Å²) in [6, 6.07) is 2.23. The lowest BCUT2D eigenvalue weighted by molar-refractivity contribution is -0.141. The predicted molar refractivity (Wildman–Crippen MR) is 69.4 cm³/mol.